The van der Waals surface area contributed by atoms with Gasteiger partial charge in [-0.25, -0.2) is 9.18 Å². The summed E-state index contributed by atoms with van der Waals surface area (Å²) < 4.78 is 54.4. The summed E-state index contributed by atoms with van der Waals surface area (Å²) in [5.41, 5.74) is -1.75. The SMILES string of the molecule is CCOC(=O)C(O)c1ccc(C(F)(F)F)c(F)c1. The van der Waals surface area contributed by atoms with Crippen molar-refractivity contribution in [1.29, 1.82) is 0 Å². The van der Waals surface area contributed by atoms with E-state index >= 15 is 0 Å². The molecule has 0 aliphatic heterocycles. The topological polar surface area (TPSA) is 46.5 Å². The molecule has 1 unspecified atom stereocenters. The van der Waals surface area contributed by atoms with Crippen LogP contribution in [0.1, 0.15) is 24.2 Å². The van der Waals surface area contributed by atoms with Gasteiger partial charge in [-0.3, -0.25) is 0 Å². The van der Waals surface area contributed by atoms with E-state index in [-0.39, 0.29) is 12.2 Å². The molecule has 0 spiro atoms. The van der Waals surface area contributed by atoms with E-state index in [4.69, 9.17) is 0 Å². The van der Waals surface area contributed by atoms with Crippen molar-refractivity contribution in [2.24, 2.45) is 0 Å². The minimum Gasteiger partial charge on any atom is -0.464 e. The Hall–Kier alpha value is -1.63. The molecule has 0 aliphatic carbocycles. The Kier molecular flexibility index (Phi) is 4.28. The van der Waals surface area contributed by atoms with Crippen molar-refractivity contribution in [3.05, 3.63) is 35.1 Å². The number of hydrogen-bond acceptors (Lipinski definition) is 3. The molecule has 0 saturated carbocycles. The van der Waals surface area contributed by atoms with E-state index in [2.05, 4.69) is 4.74 Å². The number of halogens is 4. The fourth-order valence-corrected chi connectivity index (χ4v) is 1.29. The lowest BCUT2D eigenvalue weighted by atomic mass is 10.1. The highest BCUT2D eigenvalue weighted by atomic mass is 19.4. The summed E-state index contributed by atoms with van der Waals surface area (Å²) in [6.07, 6.45) is -6.63. The second-order valence-corrected chi connectivity index (χ2v) is 3.39. The Morgan fingerprint density at radius 1 is 1.44 bits per heavy atom. The summed E-state index contributed by atoms with van der Waals surface area (Å²) >= 11 is 0. The minimum absolute atomic E-state index is 0.000982. The second kappa shape index (κ2) is 5.34. The molecule has 1 aromatic rings. The van der Waals surface area contributed by atoms with Crippen LogP contribution in [0.15, 0.2) is 18.2 Å². The molecule has 1 rings (SSSR count). The maximum Gasteiger partial charge on any atom is 0.419 e. The molecule has 3 nitrogen and oxygen atoms in total. The highest BCUT2D eigenvalue weighted by molar-refractivity contribution is 5.76. The summed E-state index contributed by atoms with van der Waals surface area (Å²) in [5.74, 6) is -2.60. The second-order valence-electron chi connectivity index (χ2n) is 3.39. The summed E-state index contributed by atoms with van der Waals surface area (Å²) in [7, 11) is 0. The van der Waals surface area contributed by atoms with E-state index in [0.717, 1.165) is 6.07 Å². The van der Waals surface area contributed by atoms with Gasteiger partial charge in [-0.05, 0) is 24.6 Å². The summed E-state index contributed by atoms with van der Waals surface area (Å²) in [6.45, 7) is 1.50. The van der Waals surface area contributed by atoms with E-state index in [9.17, 15) is 27.5 Å². The van der Waals surface area contributed by atoms with E-state index in [1.807, 2.05) is 0 Å². The van der Waals surface area contributed by atoms with Crippen LogP contribution in [0.4, 0.5) is 17.6 Å². The highest BCUT2D eigenvalue weighted by Gasteiger charge is 2.34. The number of hydrogen-bond donors (Lipinski definition) is 1. The zero-order chi connectivity index (χ0) is 13.9. The van der Waals surface area contributed by atoms with Gasteiger partial charge in [-0.1, -0.05) is 6.07 Å². The molecular formula is C11H10F4O3. The number of alkyl halides is 3. The maximum atomic E-state index is 13.2. The van der Waals surface area contributed by atoms with Crippen molar-refractivity contribution >= 4 is 5.97 Å². The third-order valence-corrected chi connectivity index (χ3v) is 2.12. The van der Waals surface area contributed by atoms with Crippen LogP contribution in [0.3, 0.4) is 0 Å². The van der Waals surface area contributed by atoms with Gasteiger partial charge in [0.25, 0.3) is 0 Å². The number of aliphatic hydroxyl groups excluding tert-OH is 1. The Balaban J connectivity index is 3.01. The van der Waals surface area contributed by atoms with Crippen LogP contribution in [-0.4, -0.2) is 17.7 Å². The molecule has 0 aromatic heterocycles. The Labute approximate surface area is 100.0 Å². The van der Waals surface area contributed by atoms with Crippen LogP contribution < -0.4 is 0 Å². The molecule has 0 fully saturated rings. The number of carbonyl (C=O) groups is 1. The van der Waals surface area contributed by atoms with E-state index < -0.39 is 29.6 Å². The first-order chi connectivity index (χ1) is 8.27. The van der Waals surface area contributed by atoms with Crippen molar-refractivity contribution < 1.29 is 32.2 Å². The Morgan fingerprint density at radius 3 is 2.50 bits per heavy atom. The molecule has 1 atom stereocenters. The Morgan fingerprint density at radius 2 is 2.06 bits per heavy atom. The van der Waals surface area contributed by atoms with Gasteiger partial charge in [0, 0.05) is 0 Å². The molecule has 0 aliphatic rings. The fraction of sp³-hybridized carbons (Fsp3) is 0.364. The molecule has 7 heteroatoms. The standard InChI is InChI=1S/C11H10F4O3/c1-2-18-10(17)9(16)6-3-4-7(8(12)5-6)11(13,14)15/h3-5,9,16H,2H2,1H3. The van der Waals surface area contributed by atoms with Crippen LogP contribution in [-0.2, 0) is 15.7 Å². The zero-order valence-corrected chi connectivity index (χ0v) is 9.29. The summed E-state index contributed by atoms with van der Waals surface area (Å²) in [5, 5.41) is 9.42. The largest absolute Gasteiger partial charge is 0.464 e. The molecule has 0 heterocycles. The van der Waals surface area contributed by atoms with Crippen molar-refractivity contribution in [3.8, 4) is 0 Å². The van der Waals surface area contributed by atoms with Gasteiger partial charge in [0.15, 0.2) is 6.10 Å². The van der Waals surface area contributed by atoms with Crippen molar-refractivity contribution in [2.45, 2.75) is 19.2 Å². The summed E-state index contributed by atoms with van der Waals surface area (Å²) in [4.78, 5) is 11.1. The predicted octanol–water partition coefficient (Wildman–Crippen LogP) is 2.44. The molecule has 18 heavy (non-hydrogen) atoms. The first-order valence-electron chi connectivity index (χ1n) is 4.98. The average molecular weight is 266 g/mol. The lowest BCUT2D eigenvalue weighted by molar-refractivity contribution is -0.153. The van der Waals surface area contributed by atoms with Gasteiger partial charge in [-0.15, -0.1) is 0 Å². The molecule has 0 amide bonds. The van der Waals surface area contributed by atoms with Crippen molar-refractivity contribution in [3.63, 3.8) is 0 Å². The normalized spacial score (nSPS) is 13.2. The van der Waals surface area contributed by atoms with Crippen LogP contribution in [0.5, 0.6) is 0 Å². The third-order valence-electron chi connectivity index (χ3n) is 2.12. The van der Waals surface area contributed by atoms with E-state index in [0.29, 0.717) is 12.1 Å². The van der Waals surface area contributed by atoms with Gasteiger partial charge < -0.3 is 9.84 Å². The Bertz CT molecular complexity index is 442. The van der Waals surface area contributed by atoms with Crippen LogP contribution in [0.2, 0.25) is 0 Å². The highest BCUT2D eigenvalue weighted by Crippen LogP contribution is 2.32. The number of benzene rings is 1. The molecule has 1 N–H and O–H groups in total. The predicted molar refractivity (Wildman–Crippen MR) is 53.0 cm³/mol. The number of rotatable bonds is 3. The maximum absolute atomic E-state index is 13.2. The summed E-state index contributed by atoms with van der Waals surface area (Å²) in [6, 6.07) is 1.75. The van der Waals surface area contributed by atoms with Crippen LogP contribution in [0.25, 0.3) is 0 Å². The van der Waals surface area contributed by atoms with E-state index in [1.54, 1.807) is 0 Å². The lowest BCUT2D eigenvalue weighted by Crippen LogP contribution is -2.16. The molecule has 0 radical (unpaired) electrons. The lowest BCUT2D eigenvalue weighted by Gasteiger charge is -2.12. The monoisotopic (exact) mass is 266 g/mol. The average Bonchev–Trinajstić information content (AvgIpc) is 2.26. The zero-order valence-electron chi connectivity index (χ0n) is 9.29. The van der Waals surface area contributed by atoms with Gasteiger partial charge in [0.1, 0.15) is 5.82 Å². The van der Waals surface area contributed by atoms with Crippen LogP contribution >= 0.6 is 0 Å². The first-order valence-corrected chi connectivity index (χ1v) is 4.98. The van der Waals surface area contributed by atoms with E-state index in [1.165, 1.54) is 6.92 Å². The van der Waals surface area contributed by atoms with Gasteiger partial charge in [0.2, 0.25) is 0 Å². The fourth-order valence-electron chi connectivity index (χ4n) is 1.29. The molecule has 1 aromatic carbocycles. The smallest absolute Gasteiger partial charge is 0.419 e. The quantitative estimate of drug-likeness (QED) is 0.675. The molecular weight excluding hydrogens is 256 g/mol. The number of ether oxygens (including phenoxy) is 1. The molecule has 0 saturated heterocycles. The first kappa shape index (κ1) is 14.4. The van der Waals surface area contributed by atoms with Crippen LogP contribution in [0, 0.1) is 5.82 Å². The van der Waals surface area contributed by atoms with Crippen molar-refractivity contribution in [1.82, 2.24) is 0 Å². The number of aliphatic hydroxyl groups is 1. The van der Waals surface area contributed by atoms with Gasteiger partial charge >= 0.3 is 12.1 Å². The molecule has 100 valence electrons. The number of esters is 1. The number of carbonyl (C=O) groups excluding carboxylic acids is 1. The van der Waals surface area contributed by atoms with Crippen molar-refractivity contribution in [2.75, 3.05) is 6.61 Å². The van der Waals surface area contributed by atoms with Gasteiger partial charge in [-0.2, -0.15) is 13.2 Å². The third kappa shape index (κ3) is 3.19. The molecule has 0 bridgehead atoms. The minimum atomic E-state index is -4.82. The van der Waals surface area contributed by atoms with Gasteiger partial charge in [0.05, 0.1) is 12.2 Å².